The highest BCUT2D eigenvalue weighted by molar-refractivity contribution is 7.91. The Morgan fingerprint density at radius 2 is 1.64 bits per heavy atom. The van der Waals surface area contributed by atoms with Crippen molar-refractivity contribution in [2.24, 2.45) is 5.92 Å². The average Bonchev–Trinajstić information content (AvgIpc) is 3.60. The second kappa shape index (κ2) is 10.5. The predicted octanol–water partition coefficient (Wildman–Crippen LogP) is 4.60. The van der Waals surface area contributed by atoms with Gasteiger partial charge in [0.25, 0.3) is 0 Å². The highest BCUT2D eigenvalue weighted by Crippen LogP contribution is 2.48. The highest BCUT2D eigenvalue weighted by Gasteiger charge is 2.51. The van der Waals surface area contributed by atoms with Gasteiger partial charge in [-0.05, 0) is 61.2 Å². The van der Waals surface area contributed by atoms with E-state index in [4.69, 9.17) is 5.10 Å². The van der Waals surface area contributed by atoms with Gasteiger partial charge in [-0.25, -0.2) is 26.3 Å². The SMILES string of the molecule is N#CC1(NC(=O)C2CC(F)(F)CCC2c2nn(-c3ccc(F)cc3)cc2-c2ccc(N3CCS(=O)(=O)CC3)cc2)CC1. The number of anilines is 1. The average molecular weight is 598 g/mol. The van der Waals surface area contributed by atoms with Crippen molar-refractivity contribution >= 4 is 21.4 Å². The minimum absolute atomic E-state index is 0.0262. The third-order valence-corrected chi connectivity index (χ3v) is 10.2. The van der Waals surface area contributed by atoms with Crippen molar-refractivity contribution in [3.63, 3.8) is 0 Å². The molecule has 2 saturated carbocycles. The zero-order chi connectivity index (χ0) is 29.7. The summed E-state index contributed by atoms with van der Waals surface area (Å²) in [6, 6.07) is 15.3. The van der Waals surface area contributed by atoms with Gasteiger partial charge in [0, 0.05) is 49.3 Å². The van der Waals surface area contributed by atoms with E-state index in [1.807, 2.05) is 29.2 Å². The molecular formula is C30H30F3N5O3S. The maximum atomic E-state index is 14.7. The van der Waals surface area contributed by atoms with E-state index in [1.54, 1.807) is 23.0 Å². The molecule has 0 bridgehead atoms. The molecule has 42 heavy (non-hydrogen) atoms. The van der Waals surface area contributed by atoms with Gasteiger partial charge in [-0.2, -0.15) is 10.4 Å². The number of benzene rings is 2. The summed E-state index contributed by atoms with van der Waals surface area (Å²) in [6.07, 6.45) is 1.71. The summed E-state index contributed by atoms with van der Waals surface area (Å²) < 4.78 is 68.3. The van der Waals surface area contributed by atoms with Crippen LogP contribution in [0.1, 0.15) is 43.7 Å². The van der Waals surface area contributed by atoms with Gasteiger partial charge in [0.1, 0.15) is 11.4 Å². The zero-order valence-electron chi connectivity index (χ0n) is 22.8. The van der Waals surface area contributed by atoms with Crippen LogP contribution in [0.15, 0.2) is 54.7 Å². The third kappa shape index (κ3) is 5.75. The number of halogens is 3. The first-order chi connectivity index (χ1) is 20.0. The highest BCUT2D eigenvalue weighted by atomic mass is 32.2. The Balaban J connectivity index is 1.37. The van der Waals surface area contributed by atoms with Gasteiger partial charge in [-0.15, -0.1) is 0 Å². The molecule has 1 N–H and O–H groups in total. The summed E-state index contributed by atoms with van der Waals surface area (Å²) in [5.41, 5.74) is 2.32. The number of hydrogen-bond acceptors (Lipinski definition) is 6. The van der Waals surface area contributed by atoms with Crippen LogP contribution in [0.4, 0.5) is 18.9 Å². The van der Waals surface area contributed by atoms with Crippen molar-refractivity contribution in [3.8, 4) is 22.9 Å². The molecule has 3 aliphatic rings. The van der Waals surface area contributed by atoms with E-state index in [-0.39, 0.29) is 17.9 Å². The molecule has 2 heterocycles. The van der Waals surface area contributed by atoms with Crippen LogP contribution in [0, 0.1) is 23.1 Å². The fourth-order valence-corrected chi connectivity index (χ4v) is 7.09. The van der Waals surface area contributed by atoms with Crippen LogP contribution in [-0.4, -0.2) is 60.2 Å². The minimum atomic E-state index is -3.03. The van der Waals surface area contributed by atoms with Crippen LogP contribution in [0.25, 0.3) is 16.8 Å². The van der Waals surface area contributed by atoms with Crippen molar-refractivity contribution in [2.45, 2.75) is 49.5 Å². The topological polar surface area (TPSA) is 108 Å². The molecule has 1 aliphatic heterocycles. The van der Waals surface area contributed by atoms with Gasteiger partial charge in [0.15, 0.2) is 9.84 Å². The zero-order valence-corrected chi connectivity index (χ0v) is 23.6. The number of carbonyl (C=O) groups excluding carboxylic acids is 1. The summed E-state index contributed by atoms with van der Waals surface area (Å²) in [7, 11) is -3.03. The molecule has 2 unspecified atom stereocenters. The number of nitrogens with zero attached hydrogens (tertiary/aromatic N) is 4. The molecule has 2 atom stereocenters. The number of carbonyl (C=O) groups is 1. The van der Waals surface area contributed by atoms with E-state index < -0.39 is 57.7 Å². The number of nitriles is 1. The second-order valence-electron chi connectivity index (χ2n) is 11.5. The van der Waals surface area contributed by atoms with Crippen molar-refractivity contribution in [3.05, 3.63) is 66.2 Å². The molecule has 220 valence electrons. The van der Waals surface area contributed by atoms with E-state index in [1.165, 1.54) is 12.1 Å². The lowest BCUT2D eigenvalue weighted by atomic mass is 9.74. The largest absolute Gasteiger partial charge is 0.369 e. The molecular weight excluding hydrogens is 567 g/mol. The number of amides is 1. The van der Waals surface area contributed by atoms with Gasteiger partial charge in [0.05, 0.1) is 34.9 Å². The lowest BCUT2D eigenvalue weighted by Crippen LogP contribution is -2.45. The van der Waals surface area contributed by atoms with E-state index in [0.717, 1.165) is 11.3 Å². The first kappa shape index (κ1) is 28.3. The quantitative estimate of drug-likeness (QED) is 0.445. The van der Waals surface area contributed by atoms with Crippen LogP contribution in [0.3, 0.4) is 0 Å². The summed E-state index contributed by atoms with van der Waals surface area (Å²) in [5.74, 6) is -5.56. The summed E-state index contributed by atoms with van der Waals surface area (Å²) >= 11 is 0. The smallest absolute Gasteiger partial charge is 0.249 e. The summed E-state index contributed by atoms with van der Waals surface area (Å²) in [6.45, 7) is 0.791. The standard InChI is InChI=1S/C30H30F3N5O3S/c31-21-3-7-23(8-4-21)38-18-26(20-1-5-22(6-2-20)37-13-15-42(40,41)16-14-37)27(36-38)24-9-10-30(32,33)17-25(24)28(39)35-29(19-34)11-12-29/h1-8,18,24-25H,9-17H2,(H,35,39). The number of rotatable bonds is 6. The number of sulfone groups is 1. The van der Waals surface area contributed by atoms with E-state index in [2.05, 4.69) is 11.4 Å². The van der Waals surface area contributed by atoms with Crippen molar-refractivity contribution in [1.29, 1.82) is 5.26 Å². The van der Waals surface area contributed by atoms with Crippen LogP contribution in [-0.2, 0) is 14.6 Å². The van der Waals surface area contributed by atoms with Gasteiger partial charge in [-0.3, -0.25) is 4.79 Å². The molecule has 0 spiro atoms. The molecule has 1 amide bonds. The number of hydrogen-bond donors (Lipinski definition) is 1. The van der Waals surface area contributed by atoms with E-state index in [9.17, 15) is 31.6 Å². The Bertz CT molecular complexity index is 1630. The fraction of sp³-hybridized carbons (Fsp3) is 0.433. The summed E-state index contributed by atoms with van der Waals surface area (Å²) in [5, 5.41) is 17.0. The third-order valence-electron chi connectivity index (χ3n) is 8.56. The van der Waals surface area contributed by atoms with Gasteiger partial charge in [-0.1, -0.05) is 12.1 Å². The number of nitrogens with one attached hydrogen (secondary N) is 1. The van der Waals surface area contributed by atoms with Gasteiger partial charge < -0.3 is 10.2 Å². The Morgan fingerprint density at radius 3 is 2.26 bits per heavy atom. The molecule has 3 fully saturated rings. The maximum Gasteiger partial charge on any atom is 0.249 e. The van der Waals surface area contributed by atoms with E-state index >= 15 is 0 Å². The number of aromatic nitrogens is 2. The Labute approximate surface area is 242 Å². The molecule has 12 heteroatoms. The predicted molar refractivity (Wildman–Crippen MR) is 151 cm³/mol. The van der Waals surface area contributed by atoms with Crippen molar-refractivity contribution in [1.82, 2.24) is 15.1 Å². The monoisotopic (exact) mass is 597 g/mol. The van der Waals surface area contributed by atoms with Crippen molar-refractivity contribution < 1.29 is 26.4 Å². The van der Waals surface area contributed by atoms with Crippen LogP contribution in [0.2, 0.25) is 0 Å². The first-order valence-electron chi connectivity index (χ1n) is 14.0. The lowest BCUT2D eigenvalue weighted by molar-refractivity contribution is -0.134. The molecule has 1 saturated heterocycles. The molecule has 6 rings (SSSR count). The molecule has 2 aliphatic carbocycles. The van der Waals surface area contributed by atoms with Crippen LogP contribution >= 0.6 is 0 Å². The first-order valence-corrected chi connectivity index (χ1v) is 15.8. The van der Waals surface area contributed by atoms with Gasteiger partial charge >= 0.3 is 0 Å². The number of alkyl halides is 2. The molecule has 8 nitrogen and oxygen atoms in total. The second-order valence-corrected chi connectivity index (χ2v) is 13.8. The Kier molecular flexibility index (Phi) is 7.04. The molecule has 3 aromatic rings. The van der Waals surface area contributed by atoms with E-state index in [0.29, 0.717) is 42.9 Å². The maximum absolute atomic E-state index is 14.7. The Hall–Kier alpha value is -3.85. The normalized spacial score (nSPS) is 24.0. The minimum Gasteiger partial charge on any atom is -0.369 e. The molecule has 1 aromatic heterocycles. The van der Waals surface area contributed by atoms with Crippen LogP contribution < -0.4 is 10.2 Å². The Morgan fingerprint density at radius 1 is 1.00 bits per heavy atom. The molecule has 2 aromatic carbocycles. The van der Waals surface area contributed by atoms with Crippen molar-refractivity contribution in [2.75, 3.05) is 29.5 Å². The summed E-state index contributed by atoms with van der Waals surface area (Å²) in [4.78, 5) is 15.4. The van der Waals surface area contributed by atoms with Crippen LogP contribution in [0.5, 0.6) is 0 Å². The lowest BCUT2D eigenvalue weighted by Gasteiger charge is -2.35. The molecule has 0 radical (unpaired) electrons. The van der Waals surface area contributed by atoms with Gasteiger partial charge in [0.2, 0.25) is 11.8 Å². The fourth-order valence-electron chi connectivity index (χ4n) is 5.89.